The third-order valence-corrected chi connectivity index (χ3v) is 4.56. The second kappa shape index (κ2) is 7.81. The molecule has 0 bridgehead atoms. The van der Waals surface area contributed by atoms with E-state index in [2.05, 4.69) is 16.4 Å². The van der Waals surface area contributed by atoms with Gasteiger partial charge in [0.25, 0.3) is 0 Å². The summed E-state index contributed by atoms with van der Waals surface area (Å²) in [4.78, 5) is 3.31. The number of fused-ring (bicyclic) bond motifs is 1. The molecule has 2 unspecified atom stereocenters. The standard InChI is InChI=1S/C19H21ClN2O2/c20-18-7-3-1-5-14(18)16(10-21-9-13(24)12-23)17-11-22-19-8-4-2-6-15(17)19/h1-8,11,13,16,21-24H,9-10,12H2. The van der Waals surface area contributed by atoms with Crippen LogP contribution in [0.15, 0.2) is 54.7 Å². The molecule has 2 atom stereocenters. The number of hydrogen-bond acceptors (Lipinski definition) is 3. The van der Waals surface area contributed by atoms with E-state index in [1.54, 1.807) is 0 Å². The Morgan fingerprint density at radius 1 is 1.00 bits per heavy atom. The number of nitrogens with one attached hydrogen (secondary N) is 2. The lowest BCUT2D eigenvalue weighted by molar-refractivity contribution is 0.0944. The largest absolute Gasteiger partial charge is 0.394 e. The Morgan fingerprint density at radius 2 is 1.75 bits per heavy atom. The Hall–Kier alpha value is -1.85. The van der Waals surface area contributed by atoms with Crippen molar-refractivity contribution in [1.82, 2.24) is 10.3 Å². The van der Waals surface area contributed by atoms with Gasteiger partial charge in [-0.05, 0) is 23.3 Å². The number of aliphatic hydroxyl groups excluding tert-OH is 2. The molecule has 3 aromatic rings. The third-order valence-electron chi connectivity index (χ3n) is 4.22. The first kappa shape index (κ1) is 17.0. The van der Waals surface area contributed by atoms with Gasteiger partial charge in [0.15, 0.2) is 0 Å². The van der Waals surface area contributed by atoms with E-state index < -0.39 is 6.10 Å². The lowest BCUT2D eigenvalue weighted by Crippen LogP contribution is -2.32. The Balaban J connectivity index is 1.94. The van der Waals surface area contributed by atoms with Crippen LogP contribution in [-0.2, 0) is 0 Å². The second-order valence-corrected chi connectivity index (χ2v) is 6.27. The monoisotopic (exact) mass is 344 g/mol. The van der Waals surface area contributed by atoms with Crippen molar-refractivity contribution in [2.45, 2.75) is 12.0 Å². The van der Waals surface area contributed by atoms with E-state index in [1.165, 1.54) is 0 Å². The van der Waals surface area contributed by atoms with Gasteiger partial charge in [-0.15, -0.1) is 0 Å². The summed E-state index contributed by atoms with van der Waals surface area (Å²) in [6.45, 7) is 0.694. The van der Waals surface area contributed by atoms with Crippen LogP contribution in [0.25, 0.3) is 10.9 Å². The molecule has 1 aromatic heterocycles. The molecular formula is C19H21ClN2O2. The van der Waals surface area contributed by atoms with Crippen molar-refractivity contribution >= 4 is 22.5 Å². The summed E-state index contributed by atoms with van der Waals surface area (Å²) in [6.07, 6.45) is 1.25. The molecule has 0 saturated carbocycles. The van der Waals surface area contributed by atoms with Crippen LogP contribution in [0.4, 0.5) is 0 Å². The molecule has 126 valence electrons. The van der Waals surface area contributed by atoms with Crippen molar-refractivity contribution < 1.29 is 10.2 Å². The molecule has 1 heterocycles. The Bertz CT molecular complexity index is 803. The molecule has 4 nitrogen and oxygen atoms in total. The quantitative estimate of drug-likeness (QED) is 0.533. The van der Waals surface area contributed by atoms with Crippen molar-refractivity contribution in [2.75, 3.05) is 19.7 Å². The zero-order chi connectivity index (χ0) is 16.9. The van der Waals surface area contributed by atoms with Gasteiger partial charge in [0.2, 0.25) is 0 Å². The predicted molar refractivity (Wildman–Crippen MR) is 97.6 cm³/mol. The minimum absolute atomic E-state index is 0.0424. The molecule has 0 amide bonds. The Morgan fingerprint density at radius 3 is 2.54 bits per heavy atom. The third kappa shape index (κ3) is 3.62. The summed E-state index contributed by atoms with van der Waals surface area (Å²) in [5, 5.41) is 23.6. The van der Waals surface area contributed by atoms with E-state index in [0.29, 0.717) is 13.1 Å². The van der Waals surface area contributed by atoms with Crippen molar-refractivity contribution in [3.8, 4) is 0 Å². The number of H-pyrrole nitrogens is 1. The number of halogens is 1. The van der Waals surface area contributed by atoms with Gasteiger partial charge in [-0.25, -0.2) is 0 Å². The summed E-state index contributed by atoms with van der Waals surface area (Å²) >= 11 is 6.43. The van der Waals surface area contributed by atoms with Gasteiger partial charge in [-0.1, -0.05) is 48.0 Å². The number of aliphatic hydroxyl groups is 2. The highest BCUT2D eigenvalue weighted by atomic mass is 35.5. The molecule has 0 aliphatic rings. The maximum atomic E-state index is 9.55. The smallest absolute Gasteiger partial charge is 0.0894 e. The number of aromatic amines is 1. The van der Waals surface area contributed by atoms with E-state index in [1.807, 2.05) is 48.7 Å². The molecule has 24 heavy (non-hydrogen) atoms. The summed E-state index contributed by atoms with van der Waals surface area (Å²) in [5.41, 5.74) is 3.28. The average molecular weight is 345 g/mol. The molecule has 0 aliphatic carbocycles. The van der Waals surface area contributed by atoms with Crippen molar-refractivity contribution in [1.29, 1.82) is 0 Å². The van der Waals surface area contributed by atoms with Gasteiger partial charge in [0.1, 0.15) is 0 Å². The summed E-state index contributed by atoms with van der Waals surface area (Å²) in [7, 11) is 0. The first-order valence-electron chi connectivity index (χ1n) is 8.00. The van der Waals surface area contributed by atoms with E-state index in [-0.39, 0.29) is 12.5 Å². The van der Waals surface area contributed by atoms with Gasteiger partial charge in [0, 0.05) is 41.1 Å². The first-order valence-corrected chi connectivity index (χ1v) is 8.38. The Kier molecular flexibility index (Phi) is 5.53. The average Bonchev–Trinajstić information content (AvgIpc) is 3.03. The van der Waals surface area contributed by atoms with Crippen LogP contribution in [0.1, 0.15) is 17.0 Å². The van der Waals surface area contributed by atoms with E-state index in [9.17, 15) is 5.11 Å². The molecule has 5 heteroatoms. The van der Waals surface area contributed by atoms with E-state index in [4.69, 9.17) is 16.7 Å². The minimum Gasteiger partial charge on any atom is -0.394 e. The van der Waals surface area contributed by atoms with Crippen molar-refractivity contribution in [3.63, 3.8) is 0 Å². The van der Waals surface area contributed by atoms with Gasteiger partial charge in [0.05, 0.1) is 12.7 Å². The molecule has 0 aliphatic heterocycles. The summed E-state index contributed by atoms with van der Waals surface area (Å²) in [5.74, 6) is 0.0424. The number of hydrogen-bond donors (Lipinski definition) is 4. The Labute approximate surface area is 146 Å². The summed E-state index contributed by atoms with van der Waals surface area (Å²) < 4.78 is 0. The van der Waals surface area contributed by atoms with Gasteiger partial charge in [-0.2, -0.15) is 0 Å². The number of aromatic nitrogens is 1. The van der Waals surface area contributed by atoms with Crippen molar-refractivity contribution in [2.24, 2.45) is 0 Å². The normalized spacial score (nSPS) is 14.0. The maximum Gasteiger partial charge on any atom is 0.0894 e. The number of rotatable bonds is 7. The van der Waals surface area contributed by atoms with E-state index >= 15 is 0 Å². The molecule has 2 aromatic carbocycles. The lowest BCUT2D eigenvalue weighted by atomic mass is 9.90. The molecule has 0 saturated heterocycles. The van der Waals surface area contributed by atoms with Gasteiger partial charge in [-0.3, -0.25) is 0 Å². The molecule has 0 spiro atoms. The molecular weight excluding hydrogens is 324 g/mol. The van der Waals surface area contributed by atoms with Crippen LogP contribution in [-0.4, -0.2) is 41.0 Å². The SMILES string of the molecule is OCC(O)CNCC(c1ccccc1Cl)c1c[nH]c2ccccc12. The zero-order valence-electron chi connectivity index (χ0n) is 13.2. The second-order valence-electron chi connectivity index (χ2n) is 5.86. The molecule has 4 N–H and O–H groups in total. The maximum absolute atomic E-state index is 9.55. The molecule has 0 fully saturated rings. The van der Waals surface area contributed by atoms with Crippen LogP contribution < -0.4 is 5.32 Å². The number of para-hydroxylation sites is 1. The van der Waals surface area contributed by atoms with Crippen LogP contribution in [0, 0.1) is 0 Å². The first-order chi connectivity index (χ1) is 11.7. The van der Waals surface area contributed by atoms with Crippen LogP contribution in [0.5, 0.6) is 0 Å². The van der Waals surface area contributed by atoms with Gasteiger partial charge < -0.3 is 20.5 Å². The summed E-state index contributed by atoms with van der Waals surface area (Å²) in [6, 6.07) is 16.0. The number of benzene rings is 2. The van der Waals surface area contributed by atoms with E-state index in [0.717, 1.165) is 27.1 Å². The highest BCUT2D eigenvalue weighted by molar-refractivity contribution is 6.31. The fourth-order valence-corrected chi connectivity index (χ4v) is 3.25. The molecule has 3 rings (SSSR count). The topological polar surface area (TPSA) is 68.3 Å². The lowest BCUT2D eigenvalue weighted by Gasteiger charge is -2.20. The molecule has 0 radical (unpaired) electrons. The highest BCUT2D eigenvalue weighted by Crippen LogP contribution is 2.33. The minimum atomic E-state index is -0.764. The zero-order valence-corrected chi connectivity index (χ0v) is 14.0. The van der Waals surface area contributed by atoms with Crippen LogP contribution in [0.2, 0.25) is 5.02 Å². The van der Waals surface area contributed by atoms with Crippen LogP contribution >= 0.6 is 11.6 Å². The fraction of sp³-hybridized carbons (Fsp3) is 0.263. The predicted octanol–water partition coefficient (Wildman–Crippen LogP) is 2.90. The van der Waals surface area contributed by atoms with Crippen LogP contribution in [0.3, 0.4) is 0 Å². The highest BCUT2D eigenvalue weighted by Gasteiger charge is 2.20. The van der Waals surface area contributed by atoms with Crippen molar-refractivity contribution in [3.05, 3.63) is 70.9 Å². The fourth-order valence-electron chi connectivity index (χ4n) is 2.99. The van der Waals surface area contributed by atoms with Gasteiger partial charge >= 0.3 is 0 Å².